The van der Waals surface area contributed by atoms with E-state index in [2.05, 4.69) is 0 Å². The molecule has 1 aliphatic heterocycles. The zero-order valence-electron chi connectivity index (χ0n) is 19.1. The fourth-order valence-electron chi connectivity index (χ4n) is 4.18. The Balaban J connectivity index is 1.44. The lowest BCUT2D eigenvalue weighted by Gasteiger charge is -2.33. The maximum Gasteiger partial charge on any atom is 0.252 e. The van der Waals surface area contributed by atoms with Gasteiger partial charge in [0, 0.05) is 13.1 Å². The zero-order valence-corrected chi connectivity index (χ0v) is 21.6. The molecule has 0 N–H and O–H groups in total. The van der Waals surface area contributed by atoms with Crippen molar-refractivity contribution in [3.63, 3.8) is 0 Å². The first-order chi connectivity index (χ1) is 17.0. The number of thiazole rings is 1. The minimum atomic E-state index is -3.62. The molecule has 1 saturated heterocycles. The molecule has 0 bridgehead atoms. The molecule has 1 atom stereocenters. The summed E-state index contributed by atoms with van der Waals surface area (Å²) in [4.78, 5) is 20.2. The number of amides is 1. The third-order valence-electron chi connectivity index (χ3n) is 5.87. The topological polar surface area (TPSA) is 92.9 Å². The van der Waals surface area contributed by atoms with Gasteiger partial charge in [0.15, 0.2) is 5.13 Å². The summed E-state index contributed by atoms with van der Waals surface area (Å²) in [5.74, 6) is 0.753. The summed E-state index contributed by atoms with van der Waals surface area (Å²) in [7, 11) is -3.62. The number of piperidine rings is 1. The number of nitrogens with zero attached hydrogens (tertiary/aromatic N) is 3. The molecule has 1 fully saturated rings. The molecule has 1 amide bonds. The Morgan fingerprint density at radius 2 is 2.17 bits per heavy atom. The van der Waals surface area contributed by atoms with E-state index in [9.17, 15) is 13.2 Å². The van der Waals surface area contributed by atoms with Gasteiger partial charge >= 0.3 is 0 Å². The number of sulfonamides is 1. The molecule has 0 spiro atoms. The van der Waals surface area contributed by atoms with Crippen LogP contribution >= 0.6 is 22.7 Å². The van der Waals surface area contributed by atoms with E-state index in [1.54, 1.807) is 34.7 Å². The normalized spacial score (nSPS) is 17.0. The van der Waals surface area contributed by atoms with Crippen LogP contribution in [0.3, 0.4) is 0 Å². The van der Waals surface area contributed by atoms with Crippen LogP contribution in [0.2, 0.25) is 0 Å². The fraction of sp³-hybridized carbons (Fsp3) is 0.333. The van der Waals surface area contributed by atoms with Crippen LogP contribution in [-0.4, -0.2) is 43.3 Å². The van der Waals surface area contributed by atoms with E-state index in [0.717, 1.165) is 16.0 Å². The summed E-state index contributed by atoms with van der Waals surface area (Å²) < 4.78 is 40.0. The number of rotatable bonds is 8. The smallest absolute Gasteiger partial charge is 0.252 e. The molecule has 0 aliphatic carbocycles. The quantitative estimate of drug-likeness (QED) is 0.318. The highest BCUT2D eigenvalue weighted by molar-refractivity contribution is 7.91. The summed E-state index contributed by atoms with van der Waals surface area (Å²) in [6.07, 6.45) is 2.80. The second-order valence-electron chi connectivity index (χ2n) is 8.20. The second kappa shape index (κ2) is 10.1. The van der Waals surface area contributed by atoms with Crippen LogP contribution in [0.15, 0.2) is 62.7 Å². The molecular formula is C24H25N3O5S3. The van der Waals surface area contributed by atoms with Gasteiger partial charge in [0.2, 0.25) is 5.91 Å². The van der Waals surface area contributed by atoms with Crippen molar-refractivity contribution in [2.75, 3.05) is 24.6 Å². The molecule has 35 heavy (non-hydrogen) atoms. The van der Waals surface area contributed by atoms with Crippen LogP contribution in [-0.2, 0) is 21.4 Å². The van der Waals surface area contributed by atoms with Crippen molar-refractivity contribution < 1.29 is 22.4 Å². The summed E-state index contributed by atoms with van der Waals surface area (Å²) in [5, 5.41) is 2.29. The van der Waals surface area contributed by atoms with E-state index in [1.807, 2.05) is 31.2 Å². The third kappa shape index (κ3) is 4.99. The molecular weight excluding hydrogens is 506 g/mol. The Morgan fingerprint density at radius 3 is 2.91 bits per heavy atom. The number of thiophene rings is 1. The molecule has 1 unspecified atom stereocenters. The van der Waals surface area contributed by atoms with E-state index in [-0.39, 0.29) is 19.0 Å². The van der Waals surface area contributed by atoms with Crippen LogP contribution in [0.25, 0.3) is 10.2 Å². The van der Waals surface area contributed by atoms with Gasteiger partial charge in [-0.2, -0.15) is 4.31 Å². The van der Waals surface area contributed by atoms with E-state index in [0.29, 0.717) is 41.1 Å². The van der Waals surface area contributed by atoms with Gasteiger partial charge in [-0.15, -0.1) is 11.3 Å². The van der Waals surface area contributed by atoms with Crippen LogP contribution in [0.1, 0.15) is 25.5 Å². The lowest BCUT2D eigenvalue weighted by atomic mass is 9.98. The van der Waals surface area contributed by atoms with Crippen molar-refractivity contribution >= 4 is 54.0 Å². The lowest BCUT2D eigenvalue weighted by molar-refractivity contribution is -0.123. The Hall–Kier alpha value is -2.73. The fourth-order valence-corrected chi connectivity index (χ4v) is 7.85. The van der Waals surface area contributed by atoms with Gasteiger partial charge in [0.25, 0.3) is 10.0 Å². The van der Waals surface area contributed by atoms with Crippen molar-refractivity contribution in [1.29, 1.82) is 0 Å². The second-order valence-corrected chi connectivity index (χ2v) is 12.3. The first kappa shape index (κ1) is 24.0. The Bertz CT molecular complexity index is 1400. The maximum absolute atomic E-state index is 13.8. The van der Waals surface area contributed by atoms with Crippen LogP contribution in [0, 0.1) is 5.92 Å². The summed E-state index contributed by atoms with van der Waals surface area (Å²) >= 11 is 2.60. The lowest BCUT2D eigenvalue weighted by Crippen LogP contribution is -2.46. The van der Waals surface area contributed by atoms with Gasteiger partial charge in [-0.3, -0.25) is 9.69 Å². The summed E-state index contributed by atoms with van der Waals surface area (Å²) in [6, 6.07) is 12.6. The van der Waals surface area contributed by atoms with E-state index >= 15 is 0 Å². The Kier molecular flexibility index (Phi) is 6.92. The number of carbonyl (C=O) groups excluding carboxylic acids is 1. The summed E-state index contributed by atoms with van der Waals surface area (Å²) in [5.41, 5.74) is 0.774. The minimum Gasteiger partial charge on any atom is -0.494 e. The van der Waals surface area contributed by atoms with Crippen LogP contribution in [0.5, 0.6) is 5.75 Å². The molecule has 3 aromatic heterocycles. The van der Waals surface area contributed by atoms with Gasteiger partial charge in [-0.05, 0) is 61.5 Å². The predicted octanol–water partition coefficient (Wildman–Crippen LogP) is 4.98. The highest BCUT2D eigenvalue weighted by Gasteiger charge is 2.36. The largest absolute Gasteiger partial charge is 0.494 e. The monoisotopic (exact) mass is 531 g/mol. The average Bonchev–Trinajstić information content (AvgIpc) is 3.64. The number of carbonyl (C=O) groups is 1. The van der Waals surface area contributed by atoms with E-state index < -0.39 is 15.9 Å². The number of benzene rings is 1. The van der Waals surface area contributed by atoms with Gasteiger partial charge in [0.1, 0.15) is 15.7 Å². The van der Waals surface area contributed by atoms with Gasteiger partial charge in [-0.25, -0.2) is 13.4 Å². The molecule has 184 valence electrons. The van der Waals surface area contributed by atoms with Crippen LogP contribution < -0.4 is 9.64 Å². The number of ether oxygens (including phenoxy) is 1. The SMILES string of the molecule is CCOc1ccc2nc(N(Cc3ccco3)C(=O)C3CCCN(S(=O)(=O)c4cccs4)C3)sc2c1. The predicted molar refractivity (Wildman–Crippen MR) is 136 cm³/mol. The van der Waals surface area contributed by atoms with E-state index in [4.69, 9.17) is 14.1 Å². The van der Waals surface area contributed by atoms with Crippen molar-refractivity contribution in [2.24, 2.45) is 5.92 Å². The molecule has 4 heterocycles. The molecule has 0 radical (unpaired) electrons. The standard InChI is InChI=1S/C24H25N3O5S3/c1-2-31-18-9-10-20-21(14-18)34-24(25-20)27(16-19-7-4-12-32-19)23(28)17-6-3-11-26(15-17)35(29,30)22-8-5-13-33-22/h4-5,7-10,12-14,17H,2-3,6,11,15-16H2,1H3. The Morgan fingerprint density at radius 1 is 1.29 bits per heavy atom. The van der Waals surface area contributed by atoms with Crippen molar-refractivity contribution in [2.45, 2.75) is 30.5 Å². The van der Waals surface area contributed by atoms with E-state index in [1.165, 1.54) is 27.0 Å². The highest BCUT2D eigenvalue weighted by Crippen LogP contribution is 2.35. The zero-order chi connectivity index (χ0) is 24.4. The number of hydrogen-bond donors (Lipinski definition) is 0. The molecule has 11 heteroatoms. The molecule has 1 aromatic carbocycles. The molecule has 5 rings (SSSR count). The number of furan rings is 1. The average molecular weight is 532 g/mol. The Labute approximate surface area is 211 Å². The number of aromatic nitrogens is 1. The van der Waals surface area contributed by atoms with Crippen LogP contribution in [0.4, 0.5) is 5.13 Å². The number of hydrogen-bond acceptors (Lipinski definition) is 8. The minimum absolute atomic E-state index is 0.146. The molecule has 1 aliphatic rings. The van der Waals surface area contributed by atoms with Crippen molar-refractivity contribution in [1.82, 2.24) is 9.29 Å². The number of fused-ring (bicyclic) bond motifs is 1. The molecule has 0 saturated carbocycles. The van der Waals surface area contributed by atoms with Gasteiger partial charge < -0.3 is 9.15 Å². The molecule has 8 nitrogen and oxygen atoms in total. The maximum atomic E-state index is 13.8. The van der Waals surface area contributed by atoms with Gasteiger partial charge in [0.05, 0.1) is 35.5 Å². The van der Waals surface area contributed by atoms with Crippen molar-refractivity contribution in [3.8, 4) is 5.75 Å². The summed E-state index contributed by atoms with van der Waals surface area (Å²) in [6.45, 7) is 3.26. The first-order valence-electron chi connectivity index (χ1n) is 11.4. The third-order valence-corrected chi connectivity index (χ3v) is 10.2. The first-order valence-corrected chi connectivity index (χ1v) is 14.5. The van der Waals surface area contributed by atoms with Gasteiger partial charge in [-0.1, -0.05) is 17.4 Å². The molecule has 4 aromatic rings. The highest BCUT2D eigenvalue weighted by atomic mass is 32.2. The van der Waals surface area contributed by atoms with Crippen molar-refractivity contribution in [3.05, 3.63) is 59.9 Å². The number of anilines is 1.